The van der Waals surface area contributed by atoms with Gasteiger partial charge in [0.15, 0.2) is 0 Å². The molecule has 0 fully saturated rings. The lowest BCUT2D eigenvalue weighted by atomic mass is 10.2. The van der Waals surface area contributed by atoms with Crippen LogP contribution in [0.5, 0.6) is 0 Å². The molecule has 1 unspecified atom stereocenters. The third-order valence-corrected chi connectivity index (χ3v) is 3.93. The molecule has 0 amide bonds. The fourth-order valence-corrected chi connectivity index (χ4v) is 2.79. The van der Waals surface area contributed by atoms with Crippen molar-refractivity contribution in [3.63, 3.8) is 0 Å². The Kier molecular flexibility index (Phi) is 5.15. The van der Waals surface area contributed by atoms with Crippen molar-refractivity contribution in [3.05, 3.63) is 64.4 Å². The highest BCUT2D eigenvalue weighted by atomic mass is 35.5. The first-order valence-corrected chi connectivity index (χ1v) is 8.22. The van der Waals surface area contributed by atoms with Crippen molar-refractivity contribution in [2.75, 3.05) is 11.6 Å². The smallest absolute Gasteiger partial charge is 0.128 e. The van der Waals surface area contributed by atoms with Crippen LogP contribution in [0.1, 0.15) is 11.1 Å². The molecular weight excluding hydrogens is 297 g/mol. The Morgan fingerprint density at radius 1 is 1.20 bits per heavy atom. The van der Waals surface area contributed by atoms with E-state index < -0.39 is 10.8 Å². The number of halogens is 2. The number of anilines is 1. The Morgan fingerprint density at radius 3 is 2.65 bits per heavy atom. The Balaban J connectivity index is 2.10. The minimum Gasteiger partial charge on any atom is -0.381 e. The molecule has 20 heavy (non-hydrogen) atoms. The van der Waals surface area contributed by atoms with E-state index in [0.717, 1.165) is 11.3 Å². The second-order valence-corrected chi connectivity index (χ2v) is 6.31. The molecule has 1 atom stereocenters. The van der Waals surface area contributed by atoms with E-state index in [9.17, 15) is 8.60 Å². The summed E-state index contributed by atoms with van der Waals surface area (Å²) in [4.78, 5) is 0. The monoisotopic (exact) mass is 311 g/mol. The summed E-state index contributed by atoms with van der Waals surface area (Å²) in [7, 11) is -0.951. The molecule has 0 spiro atoms. The molecule has 2 nitrogen and oxygen atoms in total. The molecule has 2 aromatic carbocycles. The maximum atomic E-state index is 13.5. The molecule has 0 saturated carbocycles. The van der Waals surface area contributed by atoms with E-state index in [-0.39, 0.29) is 5.82 Å². The highest BCUT2D eigenvalue weighted by Crippen LogP contribution is 2.22. The van der Waals surface area contributed by atoms with E-state index in [0.29, 0.717) is 22.9 Å². The number of hydrogen-bond acceptors (Lipinski definition) is 2. The normalized spacial score (nSPS) is 12.2. The highest BCUT2D eigenvalue weighted by Gasteiger charge is 2.05. The zero-order valence-electron chi connectivity index (χ0n) is 11.0. The predicted molar refractivity (Wildman–Crippen MR) is 82.9 cm³/mol. The van der Waals surface area contributed by atoms with Crippen LogP contribution in [0.2, 0.25) is 5.02 Å². The maximum Gasteiger partial charge on any atom is 0.128 e. The van der Waals surface area contributed by atoms with Crippen molar-refractivity contribution in [2.45, 2.75) is 12.3 Å². The summed E-state index contributed by atoms with van der Waals surface area (Å²) in [5.74, 6) is 0.178. The van der Waals surface area contributed by atoms with Gasteiger partial charge in [0.2, 0.25) is 0 Å². The molecule has 0 aliphatic carbocycles. The van der Waals surface area contributed by atoms with Gasteiger partial charge in [-0.3, -0.25) is 4.21 Å². The average Bonchev–Trinajstić information content (AvgIpc) is 2.40. The molecule has 0 radical (unpaired) electrons. The van der Waals surface area contributed by atoms with E-state index in [1.54, 1.807) is 30.5 Å². The van der Waals surface area contributed by atoms with E-state index in [2.05, 4.69) is 5.32 Å². The van der Waals surface area contributed by atoms with Crippen LogP contribution in [0.15, 0.2) is 42.5 Å². The molecule has 0 aliphatic rings. The summed E-state index contributed by atoms with van der Waals surface area (Å²) < 4.78 is 24.8. The van der Waals surface area contributed by atoms with Gasteiger partial charge in [-0.1, -0.05) is 29.8 Å². The summed E-state index contributed by atoms with van der Waals surface area (Å²) >= 11 is 6.06. The standard InChI is InChI=1S/C15H15ClFNOS/c1-20(19)10-12-8-13(6-7-14(12)16)18-9-11-4-2-3-5-15(11)17/h2-8,18H,9-10H2,1H3. The van der Waals surface area contributed by atoms with Gasteiger partial charge < -0.3 is 5.32 Å². The van der Waals surface area contributed by atoms with Crippen molar-refractivity contribution in [1.29, 1.82) is 0 Å². The summed E-state index contributed by atoms with van der Waals surface area (Å²) in [6.45, 7) is 0.392. The van der Waals surface area contributed by atoms with Crippen LogP contribution in [0.3, 0.4) is 0 Å². The van der Waals surface area contributed by atoms with Gasteiger partial charge in [0.05, 0.1) is 0 Å². The molecule has 1 N–H and O–H groups in total. The van der Waals surface area contributed by atoms with Crippen LogP contribution >= 0.6 is 11.6 Å². The summed E-state index contributed by atoms with van der Waals surface area (Å²) in [5.41, 5.74) is 2.26. The zero-order chi connectivity index (χ0) is 14.5. The SMILES string of the molecule is CS(=O)Cc1cc(NCc2ccccc2F)ccc1Cl. The Morgan fingerprint density at radius 2 is 1.95 bits per heavy atom. The summed E-state index contributed by atoms with van der Waals surface area (Å²) in [6, 6.07) is 12.1. The maximum absolute atomic E-state index is 13.5. The minimum absolute atomic E-state index is 0.233. The fraction of sp³-hybridized carbons (Fsp3) is 0.200. The van der Waals surface area contributed by atoms with Crippen molar-refractivity contribution < 1.29 is 8.60 Å². The summed E-state index contributed by atoms with van der Waals surface area (Å²) in [6.07, 6.45) is 1.63. The fourth-order valence-electron chi connectivity index (χ4n) is 1.85. The van der Waals surface area contributed by atoms with E-state index in [1.165, 1.54) is 6.07 Å². The largest absolute Gasteiger partial charge is 0.381 e. The van der Waals surface area contributed by atoms with Crippen molar-refractivity contribution >= 4 is 28.1 Å². The van der Waals surface area contributed by atoms with Crippen LogP contribution in [0.25, 0.3) is 0 Å². The first kappa shape index (κ1) is 15.0. The van der Waals surface area contributed by atoms with Gasteiger partial charge >= 0.3 is 0 Å². The second kappa shape index (κ2) is 6.86. The van der Waals surface area contributed by atoms with Crippen molar-refractivity contribution in [1.82, 2.24) is 0 Å². The molecule has 0 heterocycles. The van der Waals surface area contributed by atoms with Gasteiger partial charge in [0.1, 0.15) is 5.82 Å². The third kappa shape index (κ3) is 4.05. The highest BCUT2D eigenvalue weighted by molar-refractivity contribution is 7.83. The molecule has 2 aromatic rings. The third-order valence-electron chi connectivity index (χ3n) is 2.85. The van der Waals surface area contributed by atoms with Gasteiger partial charge in [-0.15, -0.1) is 0 Å². The van der Waals surface area contributed by atoms with Crippen LogP contribution in [-0.2, 0) is 23.1 Å². The van der Waals surface area contributed by atoms with Gasteiger partial charge in [-0.05, 0) is 29.8 Å². The molecule has 0 saturated heterocycles. The van der Waals surface area contributed by atoms with Gasteiger partial charge in [0.25, 0.3) is 0 Å². The lowest BCUT2D eigenvalue weighted by Crippen LogP contribution is -2.02. The minimum atomic E-state index is -0.951. The molecule has 0 aliphatic heterocycles. The Hall–Kier alpha value is -1.39. The number of nitrogens with one attached hydrogen (secondary N) is 1. The lowest BCUT2D eigenvalue weighted by Gasteiger charge is -2.10. The number of hydrogen-bond donors (Lipinski definition) is 1. The van der Waals surface area contributed by atoms with E-state index in [1.807, 2.05) is 12.1 Å². The van der Waals surface area contributed by atoms with E-state index >= 15 is 0 Å². The van der Waals surface area contributed by atoms with Crippen LogP contribution in [-0.4, -0.2) is 10.5 Å². The molecular formula is C15H15ClFNOS. The molecule has 106 valence electrons. The van der Waals surface area contributed by atoms with Crippen molar-refractivity contribution in [2.24, 2.45) is 0 Å². The molecule has 5 heteroatoms. The topological polar surface area (TPSA) is 29.1 Å². The second-order valence-electron chi connectivity index (χ2n) is 4.47. The van der Waals surface area contributed by atoms with Crippen molar-refractivity contribution in [3.8, 4) is 0 Å². The average molecular weight is 312 g/mol. The first-order chi connectivity index (χ1) is 9.56. The Bertz CT molecular complexity index is 633. The summed E-state index contributed by atoms with van der Waals surface area (Å²) in [5, 5.41) is 3.74. The first-order valence-electron chi connectivity index (χ1n) is 6.12. The zero-order valence-corrected chi connectivity index (χ0v) is 12.6. The van der Waals surface area contributed by atoms with Gasteiger partial charge in [-0.25, -0.2) is 4.39 Å². The molecule has 0 bridgehead atoms. The Labute approximate surface area is 125 Å². The number of rotatable bonds is 5. The predicted octanol–water partition coefficient (Wildman–Crippen LogP) is 3.97. The molecule has 0 aromatic heterocycles. The van der Waals surface area contributed by atoms with Crippen LogP contribution < -0.4 is 5.32 Å². The lowest BCUT2D eigenvalue weighted by molar-refractivity contribution is 0.613. The van der Waals surface area contributed by atoms with Crippen LogP contribution in [0.4, 0.5) is 10.1 Å². The van der Waals surface area contributed by atoms with Crippen LogP contribution in [0, 0.1) is 5.82 Å². The molecule has 2 rings (SSSR count). The van der Waals surface area contributed by atoms with E-state index in [4.69, 9.17) is 11.6 Å². The quantitative estimate of drug-likeness (QED) is 0.905. The van der Waals surface area contributed by atoms with Gasteiger partial charge in [0, 0.05) is 45.6 Å². The van der Waals surface area contributed by atoms with Gasteiger partial charge in [-0.2, -0.15) is 0 Å². The number of benzene rings is 2.